The van der Waals surface area contributed by atoms with E-state index in [0.717, 1.165) is 42.4 Å². The summed E-state index contributed by atoms with van der Waals surface area (Å²) in [6.07, 6.45) is 2.59. The third-order valence-electron chi connectivity index (χ3n) is 4.53. The van der Waals surface area contributed by atoms with Crippen LogP contribution in [-0.4, -0.2) is 28.9 Å². The van der Waals surface area contributed by atoms with Gasteiger partial charge in [-0.2, -0.15) is 0 Å². The molecule has 1 aliphatic rings. The van der Waals surface area contributed by atoms with Crippen LogP contribution in [-0.2, 0) is 6.54 Å². The van der Waals surface area contributed by atoms with Crippen LogP contribution in [0.1, 0.15) is 46.9 Å². The highest BCUT2D eigenvalue weighted by molar-refractivity contribution is 7.13. The van der Waals surface area contributed by atoms with E-state index in [9.17, 15) is 4.79 Å². The molecule has 1 atom stereocenters. The van der Waals surface area contributed by atoms with Crippen LogP contribution in [0.3, 0.4) is 0 Å². The summed E-state index contributed by atoms with van der Waals surface area (Å²) in [4.78, 5) is 19.5. The van der Waals surface area contributed by atoms with Crippen molar-refractivity contribution in [1.29, 1.82) is 0 Å². The molecule has 1 aliphatic heterocycles. The molecule has 4 nitrogen and oxygen atoms in total. The summed E-state index contributed by atoms with van der Waals surface area (Å²) >= 11 is 1.50. The van der Waals surface area contributed by atoms with Crippen molar-refractivity contribution in [2.45, 2.75) is 40.2 Å². The molecule has 1 aromatic carbocycles. The van der Waals surface area contributed by atoms with Gasteiger partial charge in [-0.1, -0.05) is 24.6 Å². The number of carbonyl (C=O) groups excluding carboxylic acids is 1. The molecule has 1 fully saturated rings. The number of likely N-dealkylation sites (tertiary alicyclic amines) is 1. The van der Waals surface area contributed by atoms with Gasteiger partial charge >= 0.3 is 0 Å². The van der Waals surface area contributed by atoms with E-state index in [-0.39, 0.29) is 5.91 Å². The number of benzene rings is 1. The molecule has 5 heteroatoms. The lowest BCUT2D eigenvalue weighted by molar-refractivity contribution is 0.102. The van der Waals surface area contributed by atoms with E-state index in [1.807, 2.05) is 32.0 Å². The first-order chi connectivity index (χ1) is 11.5. The van der Waals surface area contributed by atoms with Crippen LogP contribution >= 0.6 is 11.3 Å². The molecule has 0 spiro atoms. The predicted molar refractivity (Wildman–Crippen MR) is 99.7 cm³/mol. The number of piperidine rings is 1. The van der Waals surface area contributed by atoms with Gasteiger partial charge in [0.25, 0.3) is 5.91 Å². The first-order valence-corrected chi connectivity index (χ1v) is 9.44. The summed E-state index contributed by atoms with van der Waals surface area (Å²) in [6.45, 7) is 9.47. The Morgan fingerprint density at radius 3 is 3.00 bits per heavy atom. The van der Waals surface area contributed by atoms with E-state index in [1.165, 1.54) is 24.2 Å². The highest BCUT2D eigenvalue weighted by Gasteiger charge is 2.18. The van der Waals surface area contributed by atoms with Gasteiger partial charge in [0.1, 0.15) is 0 Å². The molecule has 2 aromatic rings. The molecule has 1 N–H and O–H groups in total. The Kier molecular flexibility index (Phi) is 5.31. The third-order valence-corrected chi connectivity index (χ3v) is 5.33. The lowest BCUT2D eigenvalue weighted by Gasteiger charge is -2.30. The fourth-order valence-electron chi connectivity index (χ4n) is 3.33. The van der Waals surface area contributed by atoms with Gasteiger partial charge in [-0.05, 0) is 50.8 Å². The molecule has 2 heterocycles. The molecule has 3 rings (SSSR count). The first kappa shape index (κ1) is 17.1. The van der Waals surface area contributed by atoms with E-state index >= 15 is 0 Å². The summed E-state index contributed by atoms with van der Waals surface area (Å²) < 4.78 is 0. The SMILES string of the molecule is Cc1ccc(C(=O)Nc2nc(CN3CCC[C@H](C)C3)cs2)c(C)c1. The number of carbonyl (C=O) groups is 1. The molecule has 1 aromatic heterocycles. The van der Waals surface area contributed by atoms with Crippen molar-refractivity contribution in [3.63, 3.8) is 0 Å². The fourth-order valence-corrected chi connectivity index (χ4v) is 4.03. The summed E-state index contributed by atoms with van der Waals surface area (Å²) in [7, 11) is 0. The van der Waals surface area contributed by atoms with Crippen LogP contribution in [0.25, 0.3) is 0 Å². The number of thiazole rings is 1. The summed E-state index contributed by atoms with van der Waals surface area (Å²) in [5.41, 5.74) is 3.91. The normalized spacial score (nSPS) is 18.5. The maximum absolute atomic E-state index is 12.4. The van der Waals surface area contributed by atoms with Gasteiger partial charge in [-0.3, -0.25) is 15.0 Å². The van der Waals surface area contributed by atoms with Crippen LogP contribution in [0.4, 0.5) is 5.13 Å². The molecule has 0 bridgehead atoms. The van der Waals surface area contributed by atoms with E-state index in [4.69, 9.17) is 0 Å². The number of hydrogen-bond acceptors (Lipinski definition) is 4. The van der Waals surface area contributed by atoms with Crippen molar-refractivity contribution in [2.24, 2.45) is 5.92 Å². The Bertz CT molecular complexity index is 725. The van der Waals surface area contributed by atoms with E-state index in [1.54, 1.807) is 0 Å². The minimum absolute atomic E-state index is 0.0833. The number of rotatable bonds is 4. The van der Waals surface area contributed by atoms with Crippen LogP contribution < -0.4 is 5.32 Å². The second-order valence-electron chi connectivity index (χ2n) is 6.90. The lowest BCUT2D eigenvalue weighted by Crippen LogP contribution is -2.33. The number of nitrogens with zero attached hydrogens (tertiary/aromatic N) is 2. The minimum Gasteiger partial charge on any atom is -0.298 e. The van der Waals surface area contributed by atoms with Crippen molar-refractivity contribution < 1.29 is 4.79 Å². The quantitative estimate of drug-likeness (QED) is 0.903. The molecule has 0 unspecified atom stereocenters. The maximum Gasteiger partial charge on any atom is 0.257 e. The maximum atomic E-state index is 12.4. The van der Waals surface area contributed by atoms with Gasteiger partial charge in [0.05, 0.1) is 5.69 Å². The van der Waals surface area contributed by atoms with Crippen molar-refractivity contribution in [3.8, 4) is 0 Å². The first-order valence-electron chi connectivity index (χ1n) is 8.56. The molecule has 128 valence electrons. The Morgan fingerprint density at radius 1 is 1.42 bits per heavy atom. The van der Waals surface area contributed by atoms with Gasteiger partial charge in [-0.25, -0.2) is 4.98 Å². The standard InChI is InChI=1S/C19H25N3OS/c1-13-6-7-17(15(3)9-13)18(23)21-19-20-16(12-24-19)11-22-8-4-5-14(2)10-22/h6-7,9,12,14H,4-5,8,10-11H2,1-3H3,(H,20,21,23)/t14-/m0/s1. The molecule has 0 saturated carbocycles. The summed E-state index contributed by atoms with van der Waals surface area (Å²) in [5, 5.41) is 5.67. The zero-order valence-corrected chi connectivity index (χ0v) is 15.4. The second-order valence-corrected chi connectivity index (χ2v) is 7.76. The van der Waals surface area contributed by atoms with Crippen LogP contribution in [0.2, 0.25) is 0 Å². The van der Waals surface area contributed by atoms with Gasteiger partial charge in [-0.15, -0.1) is 11.3 Å². The Labute approximate surface area is 147 Å². The number of nitrogens with one attached hydrogen (secondary N) is 1. The van der Waals surface area contributed by atoms with Gasteiger partial charge in [0.2, 0.25) is 0 Å². The highest BCUT2D eigenvalue weighted by Crippen LogP contribution is 2.22. The average Bonchev–Trinajstić information content (AvgIpc) is 2.94. The molecule has 1 amide bonds. The third kappa shape index (κ3) is 4.22. The zero-order chi connectivity index (χ0) is 17.1. The molecular formula is C19H25N3OS. The average molecular weight is 343 g/mol. The Balaban J connectivity index is 1.62. The van der Waals surface area contributed by atoms with Crippen molar-refractivity contribution >= 4 is 22.4 Å². The van der Waals surface area contributed by atoms with Crippen LogP contribution in [0.15, 0.2) is 23.6 Å². The van der Waals surface area contributed by atoms with Gasteiger partial charge in [0.15, 0.2) is 5.13 Å². The predicted octanol–water partition coefficient (Wildman–Crippen LogP) is 4.24. The van der Waals surface area contributed by atoms with Gasteiger partial charge in [0, 0.05) is 24.0 Å². The van der Waals surface area contributed by atoms with Crippen LogP contribution in [0.5, 0.6) is 0 Å². The Morgan fingerprint density at radius 2 is 2.25 bits per heavy atom. The topological polar surface area (TPSA) is 45.2 Å². The molecule has 0 aliphatic carbocycles. The summed E-state index contributed by atoms with van der Waals surface area (Å²) in [6, 6.07) is 5.87. The van der Waals surface area contributed by atoms with E-state index in [0.29, 0.717) is 10.7 Å². The molecular weight excluding hydrogens is 318 g/mol. The van der Waals surface area contributed by atoms with Gasteiger partial charge < -0.3 is 0 Å². The highest BCUT2D eigenvalue weighted by atomic mass is 32.1. The molecule has 0 radical (unpaired) electrons. The second kappa shape index (κ2) is 7.45. The number of hydrogen-bond donors (Lipinski definition) is 1. The van der Waals surface area contributed by atoms with Crippen molar-refractivity contribution in [1.82, 2.24) is 9.88 Å². The number of amides is 1. The number of anilines is 1. The largest absolute Gasteiger partial charge is 0.298 e. The lowest BCUT2D eigenvalue weighted by atomic mass is 10.0. The number of aromatic nitrogens is 1. The number of aryl methyl sites for hydroxylation is 2. The van der Waals surface area contributed by atoms with E-state index in [2.05, 4.69) is 27.5 Å². The van der Waals surface area contributed by atoms with Crippen LogP contribution in [0, 0.1) is 19.8 Å². The fraction of sp³-hybridized carbons (Fsp3) is 0.474. The van der Waals surface area contributed by atoms with E-state index < -0.39 is 0 Å². The summed E-state index contributed by atoms with van der Waals surface area (Å²) in [5.74, 6) is 0.682. The van der Waals surface area contributed by atoms with Crippen molar-refractivity contribution in [2.75, 3.05) is 18.4 Å². The minimum atomic E-state index is -0.0833. The molecule has 1 saturated heterocycles. The smallest absolute Gasteiger partial charge is 0.257 e. The van der Waals surface area contributed by atoms with Crippen molar-refractivity contribution in [3.05, 3.63) is 46.0 Å². The zero-order valence-electron chi connectivity index (χ0n) is 14.6. The Hall–Kier alpha value is -1.72. The monoisotopic (exact) mass is 343 g/mol. The molecule has 24 heavy (non-hydrogen) atoms.